The molecule has 2 heterocycles. The molecule has 0 saturated carbocycles. The largest absolute Gasteiger partial charge is 0.497 e. The summed E-state index contributed by atoms with van der Waals surface area (Å²) in [6, 6.07) is 11.5. The molecule has 7 nitrogen and oxygen atoms in total. The second-order valence-electron chi connectivity index (χ2n) is 7.60. The maximum atomic E-state index is 13.6. The van der Waals surface area contributed by atoms with E-state index < -0.39 is 5.97 Å². The monoisotopic (exact) mass is 419 g/mol. The first kappa shape index (κ1) is 20.7. The molecule has 3 aromatic rings. The van der Waals surface area contributed by atoms with Crippen LogP contribution in [0.4, 0.5) is 0 Å². The van der Waals surface area contributed by atoms with Crippen LogP contribution >= 0.6 is 0 Å². The molecule has 0 saturated heterocycles. The van der Waals surface area contributed by atoms with Gasteiger partial charge in [0.25, 0.3) is 5.91 Å². The van der Waals surface area contributed by atoms with Crippen LogP contribution in [0.5, 0.6) is 5.75 Å². The quantitative estimate of drug-likeness (QED) is 0.588. The number of amides is 1. The SMILES string of the molecule is CCOC(=O)c1ncn2c1CN(Cc1ccc(OC)cc1C)C(=O)c1cc(C)ccc1-2. The molecule has 1 amide bonds. The van der Waals surface area contributed by atoms with Crippen LogP contribution in [0.3, 0.4) is 0 Å². The summed E-state index contributed by atoms with van der Waals surface area (Å²) >= 11 is 0. The van der Waals surface area contributed by atoms with E-state index in [-0.39, 0.29) is 24.8 Å². The third-order valence-electron chi connectivity index (χ3n) is 5.52. The van der Waals surface area contributed by atoms with Gasteiger partial charge in [0.1, 0.15) is 12.1 Å². The lowest BCUT2D eigenvalue weighted by molar-refractivity contribution is 0.0514. The van der Waals surface area contributed by atoms with E-state index in [1.807, 2.05) is 54.8 Å². The molecule has 0 N–H and O–H groups in total. The lowest BCUT2D eigenvalue weighted by atomic mass is 10.1. The fourth-order valence-electron chi connectivity index (χ4n) is 3.86. The van der Waals surface area contributed by atoms with E-state index in [1.54, 1.807) is 25.3 Å². The van der Waals surface area contributed by atoms with Gasteiger partial charge in [0.05, 0.1) is 37.2 Å². The molecule has 160 valence electrons. The molecule has 31 heavy (non-hydrogen) atoms. The van der Waals surface area contributed by atoms with Gasteiger partial charge in [-0.2, -0.15) is 0 Å². The van der Waals surface area contributed by atoms with Crippen molar-refractivity contribution in [2.45, 2.75) is 33.9 Å². The first-order valence-electron chi connectivity index (χ1n) is 10.2. The summed E-state index contributed by atoms with van der Waals surface area (Å²) in [4.78, 5) is 32.1. The Kier molecular flexibility index (Phi) is 5.50. The second kappa shape index (κ2) is 8.26. The molecule has 2 aromatic carbocycles. The Morgan fingerprint density at radius 2 is 1.97 bits per heavy atom. The van der Waals surface area contributed by atoms with Crippen molar-refractivity contribution < 1.29 is 19.1 Å². The molecule has 4 rings (SSSR count). The highest BCUT2D eigenvalue weighted by molar-refractivity contribution is 5.99. The first-order chi connectivity index (χ1) is 14.9. The van der Waals surface area contributed by atoms with E-state index in [0.717, 1.165) is 22.4 Å². The Balaban J connectivity index is 1.81. The predicted molar refractivity (Wildman–Crippen MR) is 116 cm³/mol. The standard InChI is InChI=1S/C24H25N3O4/c1-5-31-24(29)22-21-13-26(12-17-7-8-18(30-4)11-16(17)3)23(28)19-10-15(2)6-9-20(19)27(21)14-25-22/h6-11,14H,5,12-13H2,1-4H3. The fourth-order valence-corrected chi connectivity index (χ4v) is 3.86. The number of carbonyl (C=O) groups excluding carboxylic acids is 2. The van der Waals surface area contributed by atoms with E-state index in [4.69, 9.17) is 9.47 Å². The van der Waals surface area contributed by atoms with Gasteiger partial charge in [-0.3, -0.25) is 9.36 Å². The summed E-state index contributed by atoms with van der Waals surface area (Å²) in [6.45, 7) is 6.60. The summed E-state index contributed by atoms with van der Waals surface area (Å²) in [5.74, 6) is 0.194. The van der Waals surface area contributed by atoms with Gasteiger partial charge >= 0.3 is 5.97 Å². The Labute approximate surface area is 181 Å². The Morgan fingerprint density at radius 3 is 2.68 bits per heavy atom. The number of benzene rings is 2. The number of aromatic nitrogens is 2. The summed E-state index contributed by atoms with van der Waals surface area (Å²) < 4.78 is 12.3. The van der Waals surface area contributed by atoms with E-state index in [2.05, 4.69) is 4.98 Å². The highest BCUT2D eigenvalue weighted by atomic mass is 16.5. The summed E-state index contributed by atoms with van der Waals surface area (Å²) in [5, 5.41) is 0. The molecular weight excluding hydrogens is 394 g/mol. The van der Waals surface area contributed by atoms with Gasteiger partial charge in [-0.25, -0.2) is 9.78 Å². The minimum absolute atomic E-state index is 0.0903. The predicted octanol–water partition coefficient (Wildman–Crippen LogP) is 3.83. The van der Waals surface area contributed by atoms with Gasteiger partial charge in [0.15, 0.2) is 5.69 Å². The van der Waals surface area contributed by atoms with E-state index >= 15 is 0 Å². The Bertz CT molecular complexity index is 1170. The van der Waals surface area contributed by atoms with Crippen LogP contribution in [0.1, 0.15) is 50.2 Å². The van der Waals surface area contributed by atoms with E-state index in [1.165, 1.54) is 0 Å². The average molecular weight is 419 g/mol. The average Bonchev–Trinajstić information content (AvgIpc) is 3.13. The Morgan fingerprint density at radius 1 is 1.16 bits per heavy atom. The minimum Gasteiger partial charge on any atom is -0.497 e. The van der Waals surface area contributed by atoms with Crippen LogP contribution < -0.4 is 4.74 Å². The molecule has 1 aliphatic heterocycles. The van der Waals surface area contributed by atoms with Crippen LogP contribution in [0.25, 0.3) is 5.69 Å². The number of ether oxygens (including phenoxy) is 2. The third kappa shape index (κ3) is 3.79. The van der Waals surface area contributed by atoms with Gasteiger partial charge in [-0.15, -0.1) is 0 Å². The second-order valence-corrected chi connectivity index (χ2v) is 7.60. The van der Waals surface area contributed by atoms with Gasteiger partial charge in [-0.05, 0) is 56.2 Å². The topological polar surface area (TPSA) is 73.7 Å². The Hall–Kier alpha value is -3.61. The number of carbonyl (C=O) groups is 2. The van der Waals surface area contributed by atoms with Gasteiger partial charge in [0, 0.05) is 6.54 Å². The van der Waals surface area contributed by atoms with Crippen LogP contribution in [0.15, 0.2) is 42.7 Å². The molecule has 0 radical (unpaired) electrons. The molecule has 0 spiro atoms. The zero-order valence-electron chi connectivity index (χ0n) is 18.1. The van der Waals surface area contributed by atoms with Crippen molar-refractivity contribution in [2.24, 2.45) is 0 Å². The van der Waals surface area contributed by atoms with Crippen molar-refractivity contribution in [3.63, 3.8) is 0 Å². The van der Waals surface area contributed by atoms with Crippen LogP contribution in [-0.2, 0) is 17.8 Å². The number of esters is 1. The zero-order valence-corrected chi connectivity index (χ0v) is 18.1. The van der Waals surface area contributed by atoms with Crippen LogP contribution in [0.2, 0.25) is 0 Å². The van der Waals surface area contributed by atoms with Crippen LogP contribution in [-0.4, -0.2) is 40.0 Å². The van der Waals surface area contributed by atoms with Gasteiger partial charge in [0.2, 0.25) is 0 Å². The number of nitrogens with zero attached hydrogens (tertiary/aromatic N) is 3. The number of imidazole rings is 1. The molecule has 0 bridgehead atoms. The lowest BCUT2D eigenvalue weighted by Crippen LogP contribution is -2.30. The van der Waals surface area contributed by atoms with E-state index in [9.17, 15) is 9.59 Å². The maximum Gasteiger partial charge on any atom is 0.358 e. The molecule has 0 unspecified atom stereocenters. The lowest BCUT2D eigenvalue weighted by Gasteiger charge is -2.22. The molecule has 7 heteroatoms. The fraction of sp³-hybridized carbons (Fsp3) is 0.292. The highest BCUT2D eigenvalue weighted by Crippen LogP contribution is 2.29. The van der Waals surface area contributed by atoms with Crippen molar-refractivity contribution in [2.75, 3.05) is 13.7 Å². The summed E-state index contributed by atoms with van der Waals surface area (Å²) in [7, 11) is 1.63. The smallest absolute Gasteiger partial charge is 0.358 e. The molecule has 1 aromatic heterocycles. The number of rotatable bonds is 5. The van der Waals surface area contributed by atoms with Crippen molar-refractivity contribution in [3.8, 4) is 11.4 Å². The van der Waals surface area contributed by atoms with Crippen molar-refractivity contribution in [3.05, 3.63) is 76.4 Å². The van der Waals surface area contributed by atoms with Crippen molar-refractivity contribution >= 4 is 11.9 Å². The van der Waals surface area contributed by atoms with Gasteiger partial charge in [-0.1, -0.05) is 17.7 Å². The third-order valence-corrected chi connectivity index (χ3v) is 5.52. The van der Waals surface area contributed by atoms with Crippen LogP contribution in [0, 0.1) is 13.8 Å². The molecular formula is C24H25N3O4. The zero-order chi connectivity index (χ0) is 22.1. The number of hydrogen-bond donors (Lipinski definition) is 0. The molecule has 0 aliphatic carbocycles. The maximum absolute atomic E-state index is 13.6. The first-order valence-corrected chi connectivity index (χ1v) is 10.2. The molecule has 0 fully saturated rings. The highest BCUT2D eigenvalue weighted by Gasteiger charge is 2.31. The summed E-state index contributed by atoms with van der Waals surface area (Å²) in [6.07, 6.45) is 1.59. The molecule has 1 aliphatic rings. The normalized spacial score (nSPS) is 12.8. The number of hydrogen-bond acceptors (Lipinski definition) is 5. The number of aryl methyl sites for hydroxylation is 2. The van der Waals surface area contributed by atoms with Crippen molar-refractivity contribution in [1.29, 1.82) is 0 Å². The van der Waals surface area contributed by atoms with Gasteiger partial charge < -0.3 is 14.4 Å². The molecule has 0 atom stereocenters. The van der Waals surface area contributed by atoms with E-state index in [0.29, 0.717) is 23.5 Å². The van der Waals surface area contributed by atoms with Crippen molar-refractivity contribution in [1.82, 2.24) is 14.5 Å². The minimum atomic E-state index is -0.486. The number of methoxy groups -OCH3 is 1. The summed E-state index contributed by atoms with van der Waals surface area (Å²) in [5.41, 5.74) is 5.19. The number of fused-ring (bicyclic) bond motifs is 3.